The molecular weight excluding hydrogens is 334 g/mol. The van der Waals surface area contributed by atoms with Crippen LogP contribution in [0.1, 0.15) is 60.3 Å². The van der Waals surface area contributed by atoms with Gasteiger partial charge >= 0.3 is 0 Å². The summed E-state index contributed by atoms with van der Waals surface area (Å²) in [5, 5.41) is 12.6. The van der Waals surface area contributed by atoms with Gasteiger partial charge in [-0.05, 0) is 68.4 Å². The van der Waals surface area contributed by atoms with E-state index in [0.717, 1.165) is 49.2 Å². The van der Waals surface area contributed by atoms with Crippen LogP contribution in [-0.4, -0.2) is 10.5 Å². The fourth-order valence-corrected chi connectivity index (χ4v) is 3.99. The van der Waals surface area contributed by atoms with Crippen molar-refractivity contribution >= 4 is 12.0 Å². The Bertz CT molecular complexity index is 914. The van der Waals surface area contributed by atoms with E-state index in [4.69, 9.17) is 0 Å². The van der Waals surface area contributed by atoms with E-state index >= 15 is 0 Å². The van der Waals surface area contributed by atoms with Crippen LogP contribution in [-0.2, 0) is 17.8 Å². The number of aromatic nitrogens is 1. The van der Waals surface area contributed by atoms with Gasteiger partial charge in [-0.15, -0.1) is 0 Å². The molecule has 0 saturated heterocycles. The molecule has 140 valence electrons. The molecule has 3 rings (SSSR count). The summed E-state index contributed by atoms with van der Waals surface area (Å²) < 4.78 is 2.23. The first-order valence-corrected chi connectivity index (χ1v) is 9.72. The zero-order valence-electron chi connectivity index (χ0n) is 16.4. The van der Waals surface area contributed by atoms with E-state index in [9.17, 15) is 10.1 Å². The van der Waals surface area contributed by atoms with E-state index < -0.39 is 0 Å². The molecule has 2 aromatic rings. The number of fused-ring (bicyclic) bond motifs is 1. The Morgan fingerprint density at radius 3 is 2.89 bits per heavy atom. The van der Waals surface area contributed by atoms with Crippen LogP contribution in [0.2, 0.25) is 0 Å². The van der Waals surface area contributed by atoms with Gasteiger partial charge in [0.15, 0.2) is 0 Å². The smallest absolute Gasteiger partial charge is 0.262 e. The monoisotopic (exact) mass is 361 g/mol. The van der Waals surface area contributed by atoms with Gasteiger partial charge in [-0.3, -0.25) is 4.79 Å². The summed E-state index contributed by atoms with van der Waals surface area (Å²) in [5.41, 5.74) is 5.82. The molecule has 1 aliphatic carbocycles. The Balaban J connectivity index is 1.83. The summed E-state index contributed by atoms with van der Waals surface area (Å²) in [6, 6.07) is 12.4. The first kappa shape index (κ1) is 19.0. The minimum absolute atomic E-state index is 0.0216. The molecule has 0 fully saturated rings. The highest BCUT2D eigenvalue weighted by Crippen LogP contribution is 2.29. The number of carbonyl (C=O) groups excluding carboxylic acids is 1. The van der Waals surface area contributed by atoms with Crippen molar-refractivity contribution < 1.29 is 4.79 Å². The van der Waals surface area contributed by atoms with Crippen LogP contribution in [0.5, 0.6) is 0 Å². The molecule has 1 heterocycles. The van der Waals surface area contributed by atoms with Crippen LogP contribution < -0.4 is 5.32 Å². The van der Waals surface area contributed by atoms with Gasteiger partial charge < -0.3 is 9.88 Å². The van der Waals surface area contributed by atoms with E-state index in [-0.39, 0.29) is 17.5 Å². The highest BCUT2D eigenvalue weighted by molar-refractivity contribution is 6.02. The first-order valence-electron chi connectivity index (χ1n) is 9.72. The second-order valence-electron chi connectivity index (χ2n) is 7.27. The van der Waals surface area contributed by atoms with Gasteiger partial charge in [0.1, 0.15) is 11.6 Å². The van der Waals surface area contributed by atoms with Gasteiger partial charge in [-0.25, -0.2) is 0 Å². The van der Waals surface area contributed by atoms with Crippen LogP contribution in [0, 0.1) is 25.2 Å². The van der Waals surface area contributed by atoms with Crippen molar-refractivity contribution in [2.45, 2.75) is 59.0 Å². The number of nitriles is 1. The minimum Gasteiger partial charge on any atom is -0.349 e. The van der Waals surface area contributed by atoms with Gasteiger partial charge in [-0.1, -0.05) is 31.2 Å². The number of aryl methyl sites for hydroxylation is 2. The quantitative estimate of drug-likeness (QED) is 0.624. The molecule has 1 aliphatic rings. The molecule has 4 heteroatoms. The molecule has 1 amide bonds. The lowest BCUT2D eigenvalue weighted by molar-refractivity contribution is -0.117. The zero-order chi connectivity index (χ0) is 19.4. The standard InChI is InChI=1S/C23H27N3O/c1-4-12-26-16(2)13-19(17(26)3)14-20(15-24)23(27)25-22-11-7-9-18-8-5-6-10-21(18)22/h5-6,8,10,13-14,22H,4,7,9,11-12H2,1-3H3,(H,25,27)/b20-14+/t22-/m0/s1. The number of benzene rings is 1. The van der Waals surface area contributed by atoms with Crippen molar-refractivity contribution in [3.63, 3.8) is 0 Å². The third-order valence-electron chi connectivity index (χ3n) is 5.40. The summed E-state index contributed by atoms with van der Waals surface area (Å²) in [7, 11) is 0. The van der Waals surface area contributed by atoms with Crippen LogP contribution in [0.25, 0.3) is 6.08 Å². The van der Waals surface area contributed by atoms with Crippen molar-refractivity contribution in [3.05, 3.63) is 64.0 Å². The molecule has 1 N–H and O–H groups in total. The maximum absolute atomic E-state index is 12.8. The summed E-state index contributed by atoms with van der Waals surface area (Å²) in [4.78, 5) is 12.8. The Labute approximate surface area is 161 Å². The van der Waals surface area contributed by atoms with Gasteiger partial charge in [-0.2, -0.15) is 5.26 Å². The number of carbonyl (C=O) groups is 1. The lowest BCUT2D eigenvalue weighted by Gasteiger charge is -2.26. The number of nitrogens with zero attached hydrogens (tertiary/aromatic N) is 2. The average Bonchev–Trinajstić information content (AvgIpc) is 2.94. The third-order valence-corrected chi connectivity index (χ3v) is 5.40. The highest BCUT2D eigenvalue weighted by atomic mass is 16.1. The molecular formula is C23H27N3O. The SMILES string of the molecule is CCCn1c(C)cc(/C=C(\C#N)C(=O)N[C@H]2CCCc3ccccc32)c1C. The van der Waals surface area contributed by atoms with Crippen LogP contribution in [0.3, 0.4) is 0 Å². The Kier molecular flexibility index (Phi) is 5.81. The van der Waals surface area contributed by atoms with Crippen LogP contribution >= 0.6 is 0 Å². The second kappa shape index (κ2) is 8.26. The molecule has 0 radical (unpaired) electrons. The van der Waals surface area contributed by atoms with E-state index in [1.807, 2.05) is 25.1 Å². The molecule has 0 saturated carbocycles. The summed E-state index contributed by atoms with van der Waals surface area (Å²) in [6.07, 6.45) is 5.77. The van der Waals surface area contributed by atoms with Crippen LogP contribution in [0.4, 0.5) is 0 Å². The molecule has 0 unspecified atom stereocenters. The van der Waals surface area contributed by atoms with E-state index in [1.165, 1.54) is 11.1 Å². The predicted molar refractivity (Wildman–Crippen MR) is 108 cm³/mol. The third kappa shape index (κ3) is 3.98. The van der Waals surface area contributed by atoms with Gasteiger partial charge in [0.05, 0.1) is 6.04 Å². The van der Waals surface area contributed by atoms with Crippen molar-refractivity contribution in [1.29, 1.82) is 5.26 Å². The van der Waals surface area contributed by atoms with Crippen molar-refractivity contribution in [3.8, 4) is 6.07 Å². The molecule has 0 aliphatic heterocycles. The normalized spacial score (nSPS) is 16.5. The Morgan fingerprint density at radius 2 is 2.15 bits per heavy atom. The molecule has 1 aromatic heterocycles. The minimum atomic E-state index is -0.292. The zero-order valence-corrected chi connectivity index (χ0v) is 16.4. The maximum atomic E-state index is 12.8. The van der Waals surface area contributed by atoms with E-state index in [0.29, 0.717) is 0 Å². The maximum Gasteiger partial charge on any atom is 0.262 e. The van der Waals surface area contributed by atoms with Crippen molar-refractivity contribution in [1.82, 2.24) is 9.88 Å². The Morgan fingerprint density at radius 1 is 1.37 bits per heavy atom. The number of nitrogens with one attached hydrogen (secondary N) is 1. The number of hydrogen-bond acceptors (Lipinski definition) is 2. The second-order valence-corrected chi connectivity index (χ2v) is 7.27. The Hall–Kier alpha value is -2.80. The van der Waals surface area contributed by atoms with Crippen LogP contribution in [0.15, 0.2) is 35.9 Å². The fourth-order valence-electron chi connectivity index (χ4n) is 3.99. The topological polar surface area (TPSA) is 57.8 Å². The summed E-state index contributed by atoms with van der Waals surface area (Å²) in [5.74, 6) is -0.292. The predicted octanol–water partition coefficient (Wildman–Crippen LogP) is 4.62. The lowest BCUT2D eigenvalue weighted by Crippen LogP contribution is -2.31. The fraction of sp³-hybridized carbons (Fsp3) is 0.391. The largest absolute Gasteiger partial charge is 0.349 e. The first-order chi connectivity index (χ1) is 13.0. The van der Waals surface area contributed by atoms with Gasteiger partial charge in [0, 0.05) is 17.9 Å². The van der Waals surface area contributed by atoms with Gasteiger partial charge in [0.2, 0.25) is 0 Å². The van der Waals surface area contributed by atoms with E-state index in [2.05, 4.69) is 41.9 Å². The molecule has 1 atom stereocenters. The number of rotatable bonds is 5. The number of hydrogen-bond donors (Lipinski definition) is 1. The summed E-state index contributed by atoms with van der Waals surface area (Å²) in [6.45, 7) is 7.19. The summed E-state index contributed by atoms with van der Waals surface area (Å²) >= 11 is 0. The lowest BCUT2D eigenvalue weighted by atomic mass is 9.87. The number of amides is 1. The van der Waals surface area contributed by atoms with Crippen molar-refractivity contribution in [2.75, 3.05) is 0 Å². The molecule has 0 spiro atoms. The highest BCUT2D eigenvalue weighted by Gasteiger charge is 2.23. The molecule has 1 aromatic carbocycles. The molecule has 4 nitrogen and oxygen atoms in total. The van der Waals surface area contributed by atoms with E-state index in [1.54, 1.807) is 6.08 Å². The van der Waals surface area contributed by atoms with Gasteiger partial charge in [0.25, 0.3) is 5.91 Å². The van der Waals surface area contributed by atoms with Crippen molar-refractivity contribution in [2.24, 2.45) is 0 Å². The molecule has 27 heavy (non-hydrogen) atoms. The average molecular weight is 361 g/mol. The molecule has 0 bridgehead atoms.